The van der Waals surface area contributed by atoms with Crippen molar-refractivity contribution >= 4 is 50.8 Å². The Morgan fingerprint density at radius 2 is 1.04 bits per heavy atom. The molecule has 0 unspecified atom stereocenters. The second-order valence-electron chi connectivity index (χ2n) is 33.1. The summed E-state index contributed by atoms with van der Waals surface area (Å²) in [4.78, 5) is 45.7. The van der Waals surface area contributed by atoms with Crippen molar-refractivity contribution in [3.63, 3.8) is 0 Å². The maximum absolute atomic E-state index is 15.6. The van der Waals surface area contributed by atoms with E-state index < -0.39 is 87.0 Å². The number of esters is 1. The topological polar surface area (TPSA) is 116 Å². The van der Waals surface area contributed by atoms with E-state index in [1.807, 2.05) is 33.8 Å². The van der Waals surface area contributed by atoms with E-state index in [2.05, 4.69) is 208 Å². The van der Waals surface area contributed by atoms with Crippen LogP contribution in [-0.2, 0) is 46.3 Å². The summed E-state index contributed by atoms with van der Waals surface area (Å²) < 4.78 is 50.5. The molecule has 10 nitrogen and oxygen atoms in total. The highest BCUT2D eigenvalue weighted by Crippen LogP contribution is 2.50. The van der Waals surface area contributed by atoms with E-state index in [9.17, 15) is 4.79 Å². The van der Waals surface area contributed by atoms with Gasteiger partial charge in [-0.3, -0.25) is 9.59 Å². The van der Waals surface area contributed by atoms with E-state index in [-0.39, 0.29) is 79.8 Å². The molecule has 0 amide bonds. The van der Waals surface area contributed by atoms with Crippen LogP contribution in [0.1, 0.15) is 204 Å². The van der Waals surface area contributed by atoms with Crippen molar-refractivity contribution in [2.24, 2.45) is 59.2 Å². The number of hydrogen-bond acceptors (Lipinski definition) is 10. The van der Waals surface area contributed by atoms with E-state index in [1.165, 1.54) is 0 Å². The van der Waals surface area contributed by atoms with Gasteiger partial charge in [-0.1, -0.05) is 183 Å². The first-order valence-electron chi connectivity index (χ1n) is 32.9. The molecule has 2 saturated heterocycles. The number of fused-ring (bicyclic) bond motifs is 2. The number of Topliss-reactive ketones (excluding diaryl/α,β-unsaturated/α-hetero) is 2. The highest BCUT2D eigenvalue weighted by atomic mass is 28.4. The van der Waals surface area contributed by atoms with Crippen molar-refractivity contribution < 1.29 is 46.3 Å². The van der Waals surface area contributed by atoms with Gasteiger partial charge in [0.1, 0.15) is 17.7 Å². The van der Waals surface area contributed by atoms with Gasteiger partial charge in [-0.05, 0) is 136 Å². The predicted octanol–water partition coefficient (Wildman–Crippen LogP) is 18.9. The van der Waals surface area contributed by atoms with E-state index in [4.69, 9.17) is 31.9 Å². The van der Waals surface area contributed by atoms with Crippen molar-refractivity contribution in [3.05, 3.63) is 36.5 Å². The summed E-state index contributed by atoms with van der Waals surface area (Å²) in [6, 6.07) is 0. The molecule has 83 heavy (non-hydrogen) atoms. The van der Waals surface area contributed by atoms with Crippen LogP contribution in [-0.4, -0.2) is 99.3 Å². The summed E-state index contributed by atoms with van der Waals surface area (Å²) in [7, 11) is -9.49. The fraction of sp³-hybridized carbons (Fsp3) is 0.870. The first-order chi connectivity index (χ1) is 37.5. The molecule has 0 N–H and O–H groups in total. The molecule has 0 aliphatic carbocycles. The zero-order valence-corrected chi connectivity index (χ0v) is 63.3. The van der Waals surface area contributed by atoms with Gasteiger partial charge < -0.3 is 31.9 Å². The lowest BCUT2D eigenvalue weighted by Gasteiger charge is -2.55. The number of hydrogen-bond donors (Lipinski definition) is 0. The number of carbonyl (C=O) groups excluding carboxylic acids is 3. The number of rotatable bonds is 11. The fourth-order valence-electron chi connectivity index (χ4n) is 11.8. The third-order valence-corrected chi connectivity index (χ3v) is 40.3. The van der Waals surface area contributed by atoms with Gasteiger partial charge in [-0.15, -0.1) is 0 Å². The lowest BCUT2D eigenvalue weighted by atomic mass is 9.74. The molecule has 0 aromatic carbocycles. The summed E-state index contributed by atoms with van der Waals surface area (Å²) in [6.07, 6.45) is 15.8. The summed E-state index contributed by atoms with van der Waals surface area (Å²) in [5, 5.41) is -0.331. The molecule has 3 aliphatic heterocycles. The van der Waals surface area contributed by atoms with Gasteiger partial charge in [0.05, 0.1) is 30.5 Å². The van der Waals surface area contributed by atoms with Crippen LogP contribution >= 0.6 is 0 Å². The molecule has 0 saturated carbocycles. The Morgan fingerprint density at radius 1 is 0.578 bits per heavy atom. The molecule has 0 aromatic rings. The lowest BCUT2D eigenvalue weighted by Crippen LogP contribution is -2.62. The van der Waals surface area contributed by atoms with Gasteiger partial charge in [0, 0.05) is 60.0 Å². The van der Waals surface area contributed by atoms with E-state index in [0.29, 0.717) is 18.3 Å². The third kappa shape index (κ3) is 19.3. The number of ether oxygens (including phenoxy) is 3. The monoisotopic (exact) mass is 1230 g/mol. The number of ketones is 2. The van der Waals surface area contributed by atoms with E-state index in [0.717, 1.165) is 38.5 Å². The molecule has 3 rings (SSSR count). The van der Waals surface area contributed by atoms with Gasteiger partial charge in [-0.2, -0.15) is 0 Å². The highest BCUT2D eigenvalue weighted by Gasteiger charge is 2.57. The largest absolute Gasteiger partial charge is 0.458 e. The van der Waals surface area contributed by atoms with Crippen LogP contribution in [0.25, 0.3) is 0 Å². The lowest BCUT2D eigenvalue weighted by molar-refractivity contribution is -0.371. The summed E-state index contributed by atoms with van der Waals surface area (Å²) in [6.45, 7) is 68.3. The van der Waals surface area contributed by atoms with Crippen molar-refractivity contribution in [1.29, 1.82) is 0 Å². The quantitative estimate of drug-likeness (QED) is 0.146. The normalized spacial score (nSPS) is 36.3. The van der Waals surface area contributed by atoms with Crippen LogP contribution < -0.4 is 0 Å². The summed E-state index contributed by atoms with van der Waals surface area (Å²) >= 11 is 0. The standard InChI is InChI=1S/C69H130O10Si4/c1-32-55-37-35-33-34-36-46(3)61(77-81(26,27)66(15,16)17)50(7)59(71)52(9)63(79-83(30,31)68(21,22)23)53(10)60(72)51(8)62(78-82(28,29)67(18,19)20)47(4)38-41-58(70)73-64-49(6)56(40-39-55)74-69(54(64)11)43-42-45(2)57(75-69)44-48(5)76-80(24,25)65(12,13)14/h33-35,37-38,41,45-57,61-64H,32,36,39-40,42-44H2,1-31H3/b34-33+,37-35+,41-38+/t45-,46+,47-,48+,49+,50+,51+,52+,53-,54-,55-,56-,57-,61-,62+,63-,64+,69-/m1/s1. The van der Waals surface area contributed by atoms with Gasteiger partial charge in [0.25, 0.3) is 0 Å². The van der Waals surface area contributed by atoms with Crippen LogP contribution in [0, 0.1) is 59.2 Å². The van der Waals surface area contributed by atoms with Crippen LogP contribution in [0.3, 0.4) is 0 Å². The number of allylic oxidation sites excluding steroid dienone is 4. The molecule has 18 atom stereocenters. The molecular weight excluding hydrogens is 1100 g/mol. The highest BCUT2D eigenvalue weighted by molar-refractivity contribution is 6.75. The summed E-state index contributed by atoms with van der Waals surface area (Å²) in [5.41, 5.74) is 0. The smallest absolute Gasteiger partial charge is 0.330 e. The zero-order chi connectivity index (χ0) is 64.2. The molecule has 0 radical (unpaired) electrons. The van der Waals surface area contributed by atoms with Crippen molar-refractivity contribution in [1.82, 2.24) is 0 Å². The maximum atomic E-state index is 15.6. The van der Waals surface area contributed by atoms with Crippen molar-refractivity contribution in [2.75, 3.05) is 0 Å². The van der Waals surface area contributed by atoms with Crippen LogP contribution in [0.4, 0.5) is 0 Å². The fourth-order valence-corrected chi connectivity index (χ4v) is 17.6. The first-order valence-corrected chi connectivity index (χ1v) is 44.5. The molecular formula is C69H130O10Si4. The second-order valence-corrected chi connectivity index (χ2v) is 52.1. The average molecular weight is 1230 g/mol. The molecule has 482 valence electrons. The number of carbonyl (C=O) groups is 3. The Balaban J connectivity index is 2.30. The Hall–Kier alpha value is -1.34. The average Bonchev–Trinajstić information content (AvgIpc) is 3.56. The Labute approximate surface area is 515 Å². The SMILES string of the molecule is CC[C@@H]1/C=C/C=C/C[C@H](C)[C@@H](O[Si](C)(C)C(C)(C)C)[C@@H](C)C(=O)[C@H](C)[C@@H](O[Si](C)(C)C(C)(C)C)[C@H](C)C(=O)[C@H](C)[C@@H](O[Si](C)(C)C(C)(C)C)[C@H](C)/C=C/C(=O)O[C@H]2[C@@H](C)[C@@H](CC1)O[C@@]1(CC[C@@H](C)[C@@H](C[C@H](C)O[Si](C)(C)C(C)(C)C)O1)[C@@H]2C. The molecule has 2 fully saturated rings. The maximum Gasteiger partial charge on any atom is 0.330 e. The minimum absolute atomic E-state index is 0.00933. The Morgan fingerprint density at radius 3 is 1.52 bits per heavy atom. The minimum Gasteiger partial charge on any atom is -0.458 e. The first kappa shape index (κ1) is 75.9. The predicted molar refractivity (Wildman–Crippen MR) is 358 cm³/mol. The van der Waals surface area contributed by atoms with Crippen molar-refractivity contribution in [3.8, 4) is 0 Å². The Bertz CT molecular complexity index is 2190. The summed E-state index contributed by atoms with van der Waals surface area (Å²) in [5.74, 6) is -3.73. The third-order valence-electron chi connectivity index (χ3n) is 22.3. The second kappa shape index (κ2) is 29.1. The van der Waals surface area contributed by atoms with Gasteiger partial charge in [0.15, 0.2) is 39.1 Å². The van der Waals surface area contributed by atoms with Crippen molar-refractivity contribution in [2.45, 2.75) is 325 Å². The zero-order valence-electron chi connectivity index (χ0n) is 59.3. The molecule has 3 aliphatic rings. The molecule has 3 heterocycles. The molecule has 2 bridgehead atoms. The molecule has 1 spiro atoms. The van der Waals surface area contributed by atoms with Crippen LogP contribution in [0.15, 0.2) is 36.5 Å². The van der Waals surface area contributed by atoms with Gasteiger partial charge in [0.2, 0.25) is 0 Å². The van der Waals surface area contributed by atoms with Crippen LogP contribution in [0.5, 0.6) is 0 Å². The van der Waals surface area contributed by atoms with Crippen LogP contribution in [0.2, 0.25) is 72.5 Å². The Kier molecular flexibility index (Phi) is 26.6. The van der Waals surface area contributed by atoms with E-state index >= 15 is 9.59 Å². The van der Waals surface area contributed by atoms with E-state index in [1.54, 1.807) is 6.08 Å². The molecule has 0 aromatic heterocycles. The van der Waals surface area contributed by atoms with Gasteiger partial charge in [-0.25, -0.2) is 4.79 Å². The minimum atomic E-state index is -2.56. The van der Waals surface area contributed by atoms with Gasteiger partial charge >= 0.3 is 5.97 Å². The molecule has 14 heteroatoms.